The maximum atomic E-state index is 13.6. The Morgan fingerprint density at radius 1 is 1.33 bits per heavy atom. The molecule has 0 aromatic heterocycles. The fourth-order valence-electron chi connectivity index (χ4n) is 3.02. The summed E-state index contributed by atoms with van der Waals surface area (Å²) >= 11 is 12.2. The monoisotopic (exact) mass is 332 g/mol. The summed E-state index contributed by atoms with van der Waals surface area (Å²) in [6, 6.07) is 3.26. The predicted molar refractivity (Wildman–Crippen MR) is 87.7 cm³/mol. The van der Waals surface area contributed by atoms with E-state index in [1.165, 1.54) is 19.0 Å². The van der Waals surface area contributed by atoms with E-state index in [1.807, 2.05) is 6.92 Å². The maximum absolute atomic E-state index is 13.6. The molecule has 0 aliphatic carbocycles. The maximum Gasteiger partial charge on any atom is 0.142 e. The largest absolute Gasteiger partial charge is 0.307 e. The molecule has 1 atom stereocenters. The van der Waals surface area contributed by atoms with Crippen molar-refractivity contribution < 1.29 is 4.39 Å². The second kappa shape index (κ2) is 7.77. The number of benzene rings is 1. The van der Waals surface area contributed by atoms with Gasteiger partial charge in [0.2, 0.25) is 0 Å². The molecule has 1 aromatic carbocycles. The molecule has 1 aliphatic rings. The Hall–Kier alpha value is -0.350. The van der Waals surface area contributed by atoms with Gasteiger partial charge in [0, 0.05) is 22.7 Å². The van der Waals surface area contributed by atoms with Gasteiger partial charge in [-0.25, -0.2) is 4.39 Å². The van der Waals surface area contributed by atoms with Crippen molar-refractivity contribution in [2.24, 2.45) is 0 Å². The molecule has 1 saturated heterocycles. The number of nitrogens with zero attached hydrogens (tertiary/aromatic N) is 1. The number of hydrogen-bond donors (Lipinski definition) is 1. The molecule has 1 N–H and O–H groups in total. The Morgan fingerprint density at radius 2 is 2.00 bits per heavy atom. The van der Waals surface area contributed by atoms with Gasteiger partial charge in [-0.15, -0.1) is 0 Å². The van der Waals surface area contributed by atoms with Crippen LogP contribution in [0.15, 0.2) is 12.1 Å². The van der Waals surface area contributed by atoms with Crippen LogP contribution in [0.25, 0.3) is 0 Å². The summed E-state index contributed by atoms with van der Waals surface area (Å²) in [5.74, 6) is -0.414. The number of piperidine rings is 1. The molecular formula is C16H23Cl2FN2. The Kier molecular flexibility index (Phi) is 6.30. The highest BCUT2D eigenvalue weighted by Gasteiger charge is 2.23. The molecule has 1 heterocycles. The third-order valence-electron chi connectivity index (χ3n) is 4.13. The minimum atomic E-state index is -0.414. The van der Waals surface area contributed by atoms with Gasteiger partial charge in [0.25, 0.3) is 0 Å². The van der Waals surface area contributed by atoms with Crippen LogP contribution in [0.3, 0.4) is 0 Å². The van der Waals surface area contributed by atoms with Crippen molar-refractivity contribution in [3.8, 4) is 0 Å². The summed E-state index contributed by atoms with van der Waals surface area (Å²) in [5, 5.41) is 4.19. The van der Waals surface area contributed by atoms with Crippen LogP contribution in [-0.2, 0) is 0 Å². The number of nitrogens with one attached hydrogen (secondary N) is 1. The van der Waals surface area contributed by atoms with Crippen LogP contribution in [0.1, 0.15) is 44.7 Å². The second-order valence-electron chi connectivity index (χ2n) is 5.76. The van der Waals surface area contributed by atoms with E-state index >= 15 is 0 Å². The van der Waals surface area contributed by atoms with E-state index in [0.29, 0.717) is 16.6 Å². The van der Waals surface area contributed by atoms with Gasteiger partial charge >= 0.3 is 0 Å². The average molecular weight is 333 g/mol. The normalized spacial score (nSPS) is 18.9. The van der Waals surface area contributed by atoms with E-state index in [0.717, 1.165) is 25.9 Å². The zero-order valence-electron chi connectivity index (χ0n) is 12.6. The minimum absolute atomic E-state index is 0.0524. The number of likely N-dealkylation sites (tertiary alicyclic amines) is 1. The lowest BCUT2D eigenvalue weighted by molar-refractivity contribution is 0.192. The highest BCUT2D eigenvalue weighted by molar-refractivity contribution is 6.36. The van der Waals surface area contributed by atoms with Crippen LogP contribution in [-0.4, -0.2) is 30.6 Å². The first-order chi connectivity index (χ1) is 10.0. The van der Waals surface area contributed by atoms with E-state index in [1.54, 1.807) is 6.07 Å². The van der Waals surface area contributed by atoms with Crippen molar-refractivity contribution >= 4 is 23.2 Å². The molecule has 118 valence electrons. The molecule has 0 bridgehead atoms. The molecule has 0 saturated carbocycles. The van der Waals surface area contributed by atoms with Gasteiger partial charge < -0.3 is 10.2 Å². The molecule has 1 aliphatic heterocycles. The Labute approximate surface area is 136 Å². The topological polar surface area (TPSA) is 15.3 Å². The van der Waals surface area contributed by atoms with Crippen molar-refractivity contribution in [2.45, 2.75) is 45.2 Å². The van der Waals surface area contributed by atoms with Crippen molar-refractivity contribution in [1.29, 1.82) is 0 Å². The molecular weight excluding hydrogens is 310 g/mol. The molecule has 5 heteroatoms. The summed E-state index contributed by atoms with van der Waals surface area (Å²) in [7, 11) is 0. The summed E-state index contributed by atoms with van der Waals surface area (Å²) in [5.41, 5.74) is 0.661. The number of halogens is 3. The van der Waals surface area contributed by atoms with Crippen LogP contribution in [0, 0.1) is 5.82 Å². The van der Waals surface area contributed by atoms with Gasteiger partial charge in [0.15, 0.2) is 0 Å². The molecule has 2 nitrogen and oxygen atoms in total. The van der Waals surface area contributed by atoms with Gasteiger partial charge in [0.1, 0.15) is 5.82 Å². The van der Waals surface area contributed by atoms with Crippen LogP contribution >= 0.6 is 23.2 Å². The first kappa shape index (κ1) is 17.0. The summed E-state index contributed by atoms with van der Waals surface area (Å²) in [6.07, 6.45) is 3.41. The number of hydrogen-bond acceptors (Lipinski definition) is 2. The molecule has 1 aromatic rings. The molecule has 0 radical (unpaired) electrons. The lowest BCUT2D eigenvalue weighted by atomic mass is 10.0. The molecule has 21 heavy (non-hydrogen) atoms. The Morgan fingerprint density at radius 3 is 2.62 bits per heavy atom. The minimum Gasteiger partial charge on any atom is -0.307 e. The second-order valence-corrected chi connectivity index (χ2v) is 6.55. The summed E-state index contributed by atoms with van der Waals surface area (Å²) in [4.78, 5) is 2.49. The number of rotatable bonds is 5. The molecule has 1 fully saturated rings. The fraction of sp³-hybridized carbons (Fsp3) is 0.625. The van der Waals surface area contributed by atoms with Crippen molar-refractivity contribution in [3.05, 3.63) is 33.6 Å². The van der Waals surface area contributed by atoms with E-state index < -0.39 is 5.82 Å². The third-order valence-corrected chi connectivity index (χ3v) is 4.84. The van der Waals surface area contributed by atoms with Gasteiger partial charge in [-0.05, 0) is 58.0 Å². The third kappa shape index (κ3) is 4.32. The standard InChI is InChI=1S/C16H23Cl2FN2/c1-3-8-21-9-6-12(7-10-21)20-11(2)15-13(17)4-5-14(19)16(15)18/h4-5,11-12,20H,3,6-10H2,1-2H3. The Bertz CT molecular complexity index is 474. The summed E-state index contributed by atoms with van der Waals surface area (Å²) in [6.45, 7) is 7.60. The molecule has 1 unspecified atom stereocenters. The van der Waals surface area contributed by atoms with Gasteiger partial charge in [-0.1, -0.05) is 30.1 Å². The van der Waals surface area contributed by atoms with Gasteiger partial charge in [-0.3, -0.25) is 0 Å². The molecule has 2 rings (SSSR count). The van der Waals surface area contributed by atoms with E-state index in [4.69, 9.17) is 23.2 Å². The SMILES string of the molecule is CCCN1CCC(NC(C)c2c(Cl)ccc(F)c2Cl)CC1. The van der Waals surface area contributed by atoms with Crippen LogP contribution < -0.4 is 5.32 Å². The lowest BCUT2D eigenvalue weighted by Gasteiger charge is -2.34. The highest BCUT2D eigenvalue weighted by atomic mass is 35.5. The van der Waals surface area contributed by atoms with Crippen molar-refractivity contribution in [2.75, 3.05) is 19.6 Å². The van der Waals surface area contributed by atoms with Gasteiger partial charge in [0.05, 0.1) is 5.02 Å². The predicted octanol–water partition coefficient (Wildman–Crippen LogP) is 4.66. The summed E-state index contributed by atoms with van der Waals surface area (Å²) < 4.78 is 13.6. The first-order valence-electron chi connectivity index (χ1n) is 7.64. The molecule has 0 spiro atoms. The smallest absolute Gasteiger partial charge is 0.142 e. The van der Waals surface area contributed by atoms with Crippen molar-refractivity contribution in [3.63, 3.8) is 0 Å². The van der Waals surface area contributed by atoms with Crippen molar-refractivity contribution in [1.82, 2.24) is 10.2 Å². The van der Waals surface area contributed by atoms with E-state index in [2.05, 4.69) is 17.1 Å². The average Bonchev–Trinajstić information content (AvgIpc) is 2.46. The van der Waals surface area contributed by atoms with E-state index in [-0.39, 0.29) is 11.1 Å². The van der Waals surface area contributed by atoms with Crippen LogP contribution in [0.4, 0.5) is 4.39 Å². The van der Waals surface area contributed by atoms with Crippen LogP contribution in [0.5, 0.6) is 0 Å². The zero-order chi connectivity index (χ0) is 15.4. The Balaban J connectivity index is 1.97. The molecule has 0 amide bonds. The first-order valence-corrected chi connectivity index (χ1v) is 8.40. The van der Waals surface area contributed by atoms with Crippen LogP contribution in [0.2, 0.25) is 10.0 Å². The lowest BCUT2D eigenvalue weighted by Crippen LogP contribution is -2.43. The zero-order valence-corrected chi connectivity index (χ0v) is 14.1. The van der Waals surface area contributed by atoms with E-state index in [9.17, 15) is 4.39 Å². The highest BCUT2D eigenvalue weighted by Crippen LogP contribution is 2.33. The quantitative estimate of drug-likeness (QED) is 0.789. The van der Waals surface area contributed by atoms with Gasteiger partial charge in [-0.2, -0.15) is 0 Å². The fourth-order valence-corrected chi connectivity index (χ4v) is 3.71.